The largest absolute Gasteiger partial charge is 0.444 e. The Hall–Kier alpha value is -1.85. The number of nitrogens with one attached hydrogen (secondary N) is 1. The van der Waals surface area contributed by atoms with Gasteiger partial charge in [-0.15, -0.1) is 0 Å². The van der Waals surface area contributed by atoms with E-state index in [4.69, 9.17) is 4.42 Å². The molecule has 0 spiro atoms. The number of rotatable bonds is 5. The maximum atomic E-state index is 12.2. The summed E-state index contributed by atoms with van der Waals surface area (Å²) in [5, 5.41) is 2.72. The zero-order chi connectivity index (χ0) is 13.8. The zero-order valence-electron chi connectivity index (χ0n) is 11.3. The number of aryl methyl sites for hydroxylation is 1. The Morgan fingerprint density at radius 3 is 2.89 bits per heavy atom. The molecule has 2 amide bonds. The molecule has 0 saturated carbocycles. The molecule has 0 aromatic carbocycles. The standard InChI is InChI=1S/C13H19N3O3/c1-3-5-10-13(18)16(7-11(17)15-10)8-12-14-6-9(4-2)19-12/h6,10H,3-5,7-8H2,1-2H3,(H,15,17). The van der Waals surface area contributed by atoms with E-state index in [1.807, 2.05) is 13.8 Å². The number of hydrogen-bond acceptors (Lipinski definition) is 4. The summed E-state index contributed by atoms with van der Waals surface area (Å²) >= 11 is 0. The molecule has 1 saturated heterocycles. The van der Waals surface area contributed by atoms with Crippen molar-refractivity contribution in [3.8, 4) is 0 Å². The van der Waals surface area contributed by atoms with E-state index in [0.29, 0.717) is 12.3 Å². The minimum absolute atomic E-state index is 0.0577. The first kappa shape index (κ1) is 13.6. The number of amides is 2. The fourth-order valence-corrected chi connectivity index (χ4v) is 2.14. The van der Waals surface area contributed by atoms with E-state index in [1.54, 1.807) is 6.20 Å². The molecule has 0 radical (unpaired) electrons. The first-order valence-corrected chi connectivity index (χ1v) is 6.65. The van der Waals surface area contributed by atoms with Crippen LogP contribution in [0.15, 0.2) is 10.6 Å². The molecule has 19 heavy (non-hydrogen) atoms. The van der Waals surface area contributed by atoms with Gasteiger partial charge in [-0.25, -0.2) is 4.98 Å². The molecule has 1 N–H and O–H groups in total. The van der Waals surface area contributed by atoms with E-state index in [-0.39, 0.29) is 24.9 Å². The van der Waals surface area contributed by atoms with E-state index >= 15 is 0 Å². The number of carbonyl (C=O) groups excluding carboxylic acids is 2. The summed E-state index contributed by atoms with van der Waals surface area (Å²) in [4.78, 5) is 29.4. The maximum Gasteiger partial charge on any atom is 0.246 e. The average Bonchev–Trinajstić information content (AvgIpc) is 2.83. The highest BCUT2D eigenvalue weighted by atomic mass is 16.4. The van der Waals surface area contributed by atoms with E-state index in [0.717, 1.165) is 18.6 Å². The van der Waals surface area contributed by atoms with Crippen LogP contribution in [-0.4, -0.2) is 34.3 Å². The summed E-state index contributed by atoms with van der Waals surface area (Å²) < 4.78 is 5.48. The van der Waals surface area contributed by atoms with Crippen molar-refractivity contribution in [2.45, 2.75) is 45.7 Å². The highest BCUT2D eigenvalue weighted by Gasteiger charge is 2.32. The lowest BCUT2D eigenvalue weighted by Crippen LogP contribution is -2.57. The molecule has 104 valence electrons. The van der Waals surface area contributed by atoms with Gasteiger partial charge in [0.2, 0.25) is 17.7 Å². The Bertz CT molecular complexity index is 469. The van der Waals surface area contributed by atoms with Gasteiger partial charge in [0.1, 0.15) is 18.3 Å². The van der Waals surface area contributed by atoms with Crippen LogP contribution < -0.4 is 5.32 Å². The molecule has 1 atom stereocenters. The number of aromatic nitrogens is 1. The molecular formula is C13H19N3O3. The highest BCUT2D eigenvalue weighted by Crippen LogP contribution is 2.13. The number of nitrogens with zero attached hydrogens (tertiary/aromatic N) is 2. The Balaban J connectivity index is 2.05. The quantitative estimate of drug-likeness (QED) is 0.857. The number of carbonyl (C=O) groups is 2. The molecule has 2 heterocycles. The summed E-state index contributed by atoms with van der Waals surface area (Å²) in [7, 11) is 0. The molecule has 1 aromatic rings. The van der Waals surface area contributed by atoms with Crippen LogP contribution in [0.5, 0.6) is 0 Å². The Kier molecular flexibility index (Phi) is 4.19. The fraction of sp³-hybridized carbons (Fsp3) is 0.615. The van der Waals surface area contributed by atoms with Crippen molar-refractivity contribution in [2.75, 3.05) is 6.54 Å². The van der Waals surface area contributed by atoms with Crippen LogP contribution in [0.2, 0.25) is 0 Å². The van der Waals surface area contributed by atoms with Gasteiger partial charge in [-0.1, -0.05) is 20.3 Å². The first-order valence-electron chi connectivity index (χ1n) is 6.65. The van der Waals surface area contributed by atoms with Crippen molar-refractivity contribution < 1.29 is 14.0 Å². The van der Waals surface area contributed by atoms with Crippen molar-refractivity contribution in [1.29, 1.82) is 0 Å². The summed E-state index contributed by atoms with van der Waals surface area (Å²) in [5.41, 5.74) is 0. The van der Waals surface area contributed by atoms with Crippen molar-refractivity contribution >= 4 is 11.8 Å². The zero-order valence-corrected chi connectivity index (χ0v) is 11.3. The lowest BCUT2D eigenvalue weighted by molar-refractivity contribution is -0.145. The molecule has 2 rings (SSSR count). The van der Waals surface area contributed by atoms with Crippen LogP contribution in [0.4, 0.5) is 0 Å². The SMILES string of the molecule is CCCC1NC(=O)CN(Cc2ncc(CC)o2)C1=O. The fourth-order valence-electron chi connectivity index (χ4n) is 2.14. The maximum absolute atomic E-state index is 12.2. The predicted molar refractivity (Wildman–Crippen MR) is 68.1 cm³/mol. The predicted octanol–water partition coefficient (Wildman–Crippen LogP) is 0.864. The van der Waals surface area contributed by atoms with Gasteiger partial charge in [0.05, 0.1) is 12.7 Å². The molecule has 1 fully saturated rings. The van der Waals surface area contributed by atoms with E-state index in [9.17, 15) is 9.59 Å². The van der Waals surface area contributed by atoms with Crippen molar-refractivity contribution in [2.24, 2.45) is 0 Å². The molecule has 6 heteroatoms. The average molecular weight is 265 g/mol. The first-order chi connectivity index (χ1) is 9.13. The third kappa shape index (κ3) is 3.13. The van der Waals surface area contributed by atoms with Crippen molar-refractivity contribution in [1.82, 2.24) is 15.2 Å². The summed E-state index contributed by atoms with van der Waals surface area (Å²) in [6, 6.07) is -0.410. The highest BCUT2D eigenvalue weighted by molar-refractivity contribution is 5.94. The molecule has 6 nitrogen and oxygen atoms in total. The van der Waals surface area contributed by atoms with Gasteiger partial charge in [-0.05, 0) is 6.42 Å². The van der Waals surface area contributed by atoms with Gasteiger partial charge in [0.25, 0.3) is 0 Å². The van der Waals surface area contributed by atoms with Crippen LogP contribution >= 0.6 is 0 Å². The van der Waals surface area contributed by atoms with E-state index in [1.165, 1.54) is 4.90 Å². The number of oxazole rings is 1. The molecule has 1 aliphatic heterocycles. The lowest BCUT2D eigenvalue weighted by atomic mass is 10.1. The molecule has 0 aliphatic carbocycles. The molecule has 1 aromatic heterocycles. The molecule has 0 bridgehead atoms. The van der Waals surface area contributed by atoms with Crippen LogP contribution in [0, 0.1) is 0 Å². The lowest BCUT2D eigenvalue weighted by Gasteiger charge is -2.31. The molecule has 1 unspecified atom stereocenters. The van der Waals surface area contributed by atoms with Gasteiger partial charge >= 0.3 is 0 Å². The minimum atomic E-state index is -0.410. The smallest absolute Gasteiger partial charge is 0.246 e. The second-order valence-electron chi connectivity index (χ2n) is 4.68. The van der Waals surface area contributed by atoms with Crippen molar-refractivity contribution in [3.63, 3.8) is 0 Å². The number of hydrogen-bond donors (Lipinski definition) is 1. The third-order valence-electron chi connectivity index (χ3n) is 3.13. The van der Waals surface area contributed by atoms with Gasteiger partial charge in [-0.3, -0.25) is 9.59 Å². The second-order valence-corrected chi connectivity index (χ2v) is 4.68. The summed E-state index contributed by atoms with van der Waals surface area (Å²) in [6.45, 7) is 4.29. The van der Waals surface area contributed by atoms with Crippen LogP contribution in [0.25, 0.3) is 0 Å². The minimum Gasteiger partial charge on any atom is -0.444 e. The van der Waals surface area contributed by atoms with E-state index < -0.39 is 6.04 Å². The Labute approximate surface area is 112 Å². The van der Waals surface area contributed by atoms with Crippen LogP contribution in [0.1, 0.15) is 38.3 Å². The van der Waals surface area contributed by atoms with Crippen molar-refractivity contribution in [3.05, 3.63) is 17.8 Å². The normalized spacial score (nSPS) is 19.7. The van der Waals surface area contributed by atoms with Gasteiger partial charge in [-0.2, -0.15) is 0 Å². The molecular weight excluding hydrogens is 246 g/mol. The topological polar surface area (TPSA) is 75.4 Å². The molecule has 1 aliphatic rings. The van der Waals surface area contributed by atoms with Crippen LogP contribution in [0.3, 0.4) is 0 Å². The Morgan fingerprint density at radius 2 is 2.26 bits per heavy atom. The van der Waals surface area contributed by atoms with Gasteiger partial charge in [0.15, 0.2) is 0 Å². The third-order valence-corrected chi connectivity index (χ3v) is 3.13. The monoisotopic (exact) mass is 265 g/mol. The van der Waals surface area contributed by atoms with Gasteiger partial charge in [0, 0.05) is 6.42 Å². The summed E-state index contributed by atoms with van der Waals surface area (Å²) in [5.74, 6) is 1.09. The number of piperazine rings is 1. The van der Waals surface area contributed by atoms with Gasteiger partial charge < -0.3 is 14.6 Å². The summed E-state index contributed by atoms with van der Waals surface area (Å²) in [6.07, 6.45) is 3.93. The van der Waals surface area contributed by atoms with Crippen LogP contribution in [-0.2, 0) is 22.6 Å². The second kappa shape index (κ2) is 5.86. The Morgan fingerprint density at radius 1 is 1.47 bits per heavy atom. The van der Waals surface area contributed by atoms with E-state index in [2.05, 4.69) is 10.3 Å².